The van der Waals surface area contributed by atoms with Crippen molar-refractivity contribution in [2.24, 2.45) is 0 Å². The van der Waals surface area contributed by atoms with Gasteiger partial charge in [0.2, 0.25) is 0 Å². The average molecular weight is 239 g/mol. The molecule has 2 aromatic carbocycles. The summed E-state index contributed by atoms with van der Waals surface area (Å²) in [6.45, 7) is 6.49. The molecule has 0 aromatic heterocycles. The van der Waals surface area contributed by atoms with Gasteiger partial charge in [-0.05, 0) is 56.1 Å². The molecule has 0 bridgehead atoms. The van der Waals surface area contributed by atoms with Gasteiger partial charge in [0.05, 0.1) is 0 Å². The first-order valence-electron chi connectivity index (χ1n) is 6.46. The molecule has 0 saturated carbocycles. The van der Waals surface area contributed by atoms with Gasteiger partial charge >= 0.3 is 0 Å². The highest BCUT2D eigenvalue weighted by molar-refractivity contribution is 5.68. The molecule has 1 N–H and O–H groups in total. The molecule has 1 heteroatoms. The lowest BCUT2D eigenvalue weighted by Gasteiger charge is -2.13. The van der Waals surface area contributed by atoms with Crippen molar-refractivity contribution in [1.29, 1.82) is 0 Å². The van der Waals surface area contributed by atoms with Crippen molar-refractivity contribution in [2.45, 2.75) is 26.8 Å². The molecular formula is C17H21N. The van der Waals surface area contributed by atoms with Crippen molar-refractivity contribution in [1.82, 2.24) is 5.32 Å². The largest absolute Gasteiger partial charge is 0.313 e. The Morgan fingerprint density at radius 1 is 1.00 bits per heavy atom. The third-order valence-corrected chi connectivity index (χ3v) is 3.52. The molecule has 0 heterocycles. The summed E-state index contributed by atoms with van der Waals surface area (Å²) >= 11 is 0. The molecule has 0 aliphatic rings. The van der Waals surface area contributed by atoms with Crippen LogP contribution in [0.3, 0.4) is 0 Å². The fraction of sp³-hybridized carbons (Fsp3) is 0.294. The molecule has 1 unspecified atom stereocenters. The van der Waals surface area contributed by atoms with Crippen molar-refractivity contribution >= 4 is 0 Å². The van der Waals surface area contributed by atoms with E-state index in [0.717, 1.165) is 0 Å². The second-order valence-corrected chi connectivity index (χ2v) is 4.95. The van der Waals surface area contributed by atoms with E-state index in [-0.39, 0.29) is 0 Å². The maximum atomic E-state index is 3.29. The molecule has 0 amide bonds. The van der Waals surface area contributed by atoms with Gasteiger partial charge in [-0.3, -0.25) is 0 Å². The van der Waals surface area contributed by atoms with Gasteiger partial charge in [-0.25, -0.2) is 0 Å². The smallest absolute Gasteiger partial charge is 0.0289 e. The minimum absolute atomic E-state index is 0.384. The zero-order valence-electron chi connectivity index (χ0n) is 11.6. The quantitative estimate of drug-likeness (QED) is 0.844. The predicted molar refractivity (Wildman–Crippen MR) is 78.8 cm³/mol. The molecule has 2 rings (SSSR count). The summed E-state index contributed by atoms with van der Waals surface area (Å²) in [5.74, 6) is 0. The van der Waals surface area contributed by atoms with Crippen molar-refractivity contribution < 1.29 is 0 Å². The molecular weight excluding hydrogens is 218 g/mol. The maximum absolute atomic E-state index is 3.29. The maximum Gasteiger partial charge on any atom is 0.0289 e. The Morgan fingerprint density at radius 3 is 2.50 bits per heavy atom. The summed E-state index contributed by atoms with van der Waals surface area (Å²) in [6.07, 6.45) is 0. The summed E-state index contributed by atoms with van der Waals surface area (Å²) in [5.41, 5.74) is 6.60. The van der Waals surface area contributed by atoms with Crippen LogP contribution in [0.4, 0.5) is 0 Å². The van der Waals surface area contributed by atoms with Crippen LogP contribution in [0.25, 0.3) is 11.1 Å². The molecule has 2 aromatic rings. The average Bonchev–Trinajstić information content (AvgIpc) is 2.40. The van der Waals surface area contributed by atoms with E-state index in [9.17, 15) is 0 Å². The van der Waals surface area contributed by atoms with Gasteiger partial charge in [0.25, 0.3) is 0 Å². The van der Waals surface area contributed by atoms with E-state index >= 15 is 0 Å². The SMILES string of the molecule is CNC(C)c1cccc(-c2cc(C)ccc2C)c1. The monoisotopic (exact) mass is 239 g/mol. The zero-order valence-corrected chi connectivity index (χ0v) is 11.6. The van der Waals surface area contributed by atoms with Crippen LogP contribution in [0.2, 0.25) is 0 Å². The van der Waals surface area contributed by atoms with Crippen LogP contribution in [-0.4, -0.2) is 7.05 Å². The number of benzene rings is 2. The molecule has 0 fully saturated rings. The lowest BCUT2D eigenvalue weighted by atomic mass is 9.96. The van der Waals surface area contributed by atoms with Gasteiger partial charge < -0.3 is 5.32 Å². The van der Waals surface area contributed by atoms with Gasteiger partial charge in [0, 0.05) is 6.04 Å². The van der Waals surface area contributed by atoms with E-state index in [1.165, 1.54) is 27.8 Å². The molecule has 18 heavy (non-hydrogen) atoms. The Bertz CT molecular complexity index is 543. The Balaban J connectivity index is 2.47. The summed E-state index contributed by atoms with van der Waals surface area (Å²) in [6, 6.07) is 15.8. The van der Waals surface area contributed by atoms with Gasteiger partial charge in [-0.15, -0.1) is 0 Å². The van der Waals surface area contributed by atoms with Crippen LogP contribution >= 0.6 is 0 Å². The fourth-order valence-electron chi connectivity index (χ4n) is 2.19. The topological polar surface area (TPSA) is 12.0 Å². The van der Waals surface area contributed by atoms with Crippen LogP contribution < -0.4 is 5.32 Å². The van der Waals surface area contributed by atoms with Crippen molar-refractivity contribution in [3.8, 4) is 11.1 Å². The minimum atomic E-state index is 0.384. The summed E-state index contributed by atoms with van der Waals surface area (Å²) < 4.78 is 0. The van der Waals surface area contributed by atoms with E-state index < -0.39 is 0 Å². The Hall–Kier alpha value is -1.60. The second-order valence-electron chi connectivity index (χ2n) is 4.95. The highest BCUT2D eigenvalue weighted by atomic mass is 14.8. The lowest BCUT2D eigenvalue weighted by Crippen LogP contribution is -2.12. The first-order chi connectivity index (χ1) is 8.61. The fourth-order valence-corrected chi connectivity index (χ4v) is 2.19. The first-order valence-corrected chi connectivity index (χ1v) is 6.46. The third-order valence-electron chi connectivity index (χ3n) is 3.52. The molecule has 0 spiro atoms. The van der Waals surface area contributed by atoms with E-state index in [4.69, 9.17) is 0 Å². The van der Waals surface area contributed by atoms with Crippen molar-refractivity contribution in [3.63, 3.8) is 0 Å². The molecule has 0 aliphatic carbocycles. The van der Waals surface area contributed by atoms with Gasteiger partial charge in [-0.1, -0.05) is 42.0 Å². The number of hydrogen-bond donors (Lipinski definition) is 1. The van der Waals surface area contributed by atoms with Crippen LogP contribution in [0, 0.1) is 13.8 Å². The minimum Gasteiger partial charge on any atom is -0.313 e. The van der Waals surface area contributed by atoms with Gasteiger partial charge in [-0.2, -0.15) is 0 Å². The Kier molecular flexibility index (Phi) is 3.83. The number of rotatable bonds is 3. The van der Waals surface area contributed by atoms with E-state index in [2.05, 4.69) is 68.6 Å². The van der Waals surface area contributed by atoms with Gasteiger partial charge in [0.15, 0.2) is 0 Å². The van der Waals surface area contributed by atoms with Crippen LogP contribution in [0.5, 0.6) is 0 Å². The van der Waals surface area contributed by atoms with Gasteiger partial charge in [0.1, 0.15) is 0 Å². The summed E-state index contributed by atoms with van der Waals surface area (Å²) in [5, 5.41) is 3.29. The Morgan fingerprint density at radius 2 is 1.78 bits per heavy atom. The number of nitrogens with one attached hydrogen (secondary N) is 1. The molecule has 1 nitrogen and oxygen atoms in total. The second kappa shape index (κ2) is 5.36. The number of aryl methyl sites for hydroxylation is 2. The van der Waals surface area contributed by atoms with Crippen LogP contribution in [0.1, 0.15) is 29.7 Å². The Labute approximate surface area is 110 Å². The molecule has 0 aliphatic heterocycles. The summed E-state index contributed by atoms with van der Waals surface area (Å²) in [7, 11) is 2.00. The lowest BCUT2D eigenvalue weighted by molar-refractivity contribution is 0.652. The van der Waals surface area contributed by atoms with E-state index in [1.807, 2.05) is 7.05 Å². The molecule has 1 atom stereocenters. The first kappa shape index (κ1) is 12.8. The highest BCUT2D eigenvalue weighted by Gasteiger charge is 2.06. The highest BCUT2D eigenvalue weighted by Crippen LogP contribution is 2.26. The van der Waals surface area contributed by atoms with Crippen LogP contribution in [-0.2, 0) is 0 Å². The van der Waals surface area contributed by atoms with E-state index in [0.29, 0.717) is 6.04 Å². The zero-order chi connectivity index (χ0) is 13.1. The normalized spacial score (nSPS) is 12.4. The summed E-state index contributed by atoms with van der Waals surface area (Å²) in [4.78, 5) is 0. The van der Waals surface area contributed by atoms with Crippen molar-refractivity contribution in [2.75, 3.05) is 7.05 Å². The third kappa shape index (κ3) is 2.62. The number of hydrogen-bond acceptors (Lipinski definition) is 1. The van der Waals surface area contributed by atoms with E-state index in [1.54, 1.807) is 0 Å². The predicted octanol–water partition coefficient (Wildman–Crippen LogP) is 4.25. The molecule has 0 radical (unpaired) electrons. The standard InChI is InChI=1S/C17H21N/c1-12-8-9-13(2)17(10-12)16-7-5-6-15(11-16)14(3)18-4/h5-11,14,18H,1-4H3. The molecule has 0 saturated heterocycles. The van der Waals surface area contributed by atoms with Crippen LogP contribution in [0.15, 0.2) is 42.5 Å². The molecule has 94 valence electrons. The van der Waals surface area contributed by atoms with Crippen molar-refractivity contribution in [3.05, 3.63) is 59.2 Å².